The molecule has 0 bridgehead atoms. The normalized spacial score (nSPS) is 12.7. The molecular weight excluding hydrogens is 208 g/mol. The van der Waals surface area contributed by atoms with E-state index in [2.05, 4.69) is 22.3 Å². The first kappa shape index (κ1) is 10.2. The van der Waals surface area contributed by atoms with E-state index in [1.54, 1.807) is 17.5 Å². The van der Waals surface area contributed by atoms with Crippen LogP contribution in [-0.4, -0.2) is 14.8 Å². The molecule has 0 radical (unpaired) electrons. The quantitative estimate of drug-likeness (QED) is 0.867. The van der Waals surface area contributed by atoms with Crippen LogP contribution in [0.25, 0.3) is 0 Å². The van der Waals surface area contributed by atoms with Crippen LogP contribution in [-0.2, 0) is 7.05 Å². The Labute approximate surface area is 93.0 Å². The lowest BCUT2D eigenvalue weighted by Gasteiger charge is -2.13. The molecule has 4 nitrogen and oxygen atoms in total. The van der Waals surface area contributed by atoms with Crippen LogP contribution in [0.5, 0.6) is 0 Å². The molecule has 2 rings (SSSR count). The summed E-state index contributed by atoms with van der Waals surface area (Å²) in [6.45, 7) is 4.17. The number of nitrogens with zero attached hydrogens (tertiary/aromatic N) is 3. The SMILES string of the molecule is Cc1ncsc1C(C)Nc1ccnn1C. The van der Waals surface area contributed by atoms with E-state index in [4.69, 9.17) is 0 Å². The van der Waals surface area contributed by atoms with E-state index < -0.39 is 0 Å². The van der Waals surface area contributed by atoms with Gasteiger partial charge in [0, 0.05) is 18.0 Å². The second-order valence-electron chi connectivity index (χ2n) is 3.51. The number of anilines is 1. The van der Waals surface area contributed by atoms with Crippen molar-refractivity contribution in [2.24, 2.45) is 7.05 Å². The number of rotatable bonds is 3. The van der Waals surface area contributed by atoms with E-state index in [1.165, 1.54) is 4.88 Å². The number of aryl methyl sites for hydroxylation is 2. The molecule has 2 heterocycles. The predicted molar refractivity (Wildman–Crippen MR) is 62.1 cm³/mol. The van der Waals surface area contributed by atoms with Gasteiger partial charge in [-0.25, -0.2) is 4.98 Å². The summed E-state index contributed by atoms with van der Waals surface area (Å²) >= 11 is 1.68. The maximum Gasteiger partial charge on any atom is 0.124 e. The minimum Gasteiger partial charge on any atom is -0.363 e. The highest BCUT2D eigenvalue weighted by molar-refractivity contribution is 7.09. The van der Waals surface area contributed by atoms with Gasteiger partial charge in [0.1, 0.15) is 5.82 Å². The van der Waals surface area contributed by atoms with Crippen molar-refractivity contribution < 1.29 is 0 Å². The highest BCUT2D eigenvalue weighted by Gasteiger charge is 2.11. The Morgan fingerprint density at radius 2 is 2.33 bits per heavy atom. The largest absolute Gasteiger partial charge is 0.363 e. The topological polar surface area (TPSA) is 42.7 Å². The Hall–Kier alpha value is -1.36. The van der Waals surface area contributed by atoms with Gasteiger partial charge in [-0.15, -0.1) is 11.3 Å². The minimum absolute atomic E-state index is 0.271. The molecule has 0 saturated heterocycles. The van der Waals surface area contributed by atoms with E-state index in [0.717, 1.165) is 11.5 Å². The zero-order valence-corrected chi connectivity index (χ0v) is 9.88. The Kier molecular flexibility index (Phi) is 2.73. The molecule has 15 heavy (non-hydrogen) atoms. The zero-order valence-electron chi connectivity index (χ0n) is 9.06. The molecule has 0 aromatic carbocycles. The molecule has 1 unspecified atom stereocenters. The Balaban J connectivity index is 2.14. The number of thiazole rings is 1. The number of nitrogens with one attached hydrogen (secondary N) is 1. The van der Waals surface area contributed by atoms with Crippen LogP contribution in [0.15, 0.2) is 17.8 Å². The van der Waals surface area contributed by atoms with E-state index >= 15 is 0 Å². The van der Waals surface area contributed by atoms with Crippen LogP contribution >= 0.6 is 11.3 Å². The number of hydrogen-bond acceptors (Lipinski definition) is 4. The third-order valence-electron chi connectivity index (χ3n) is 2.36. The highest BCUT2D eigenvalue weighted by atomic mass is 32.1. The first-order valence-corrected chi connectivity index (χ1v) is 5.71. The first-order chi connectivity index (χ1) is 7.18. The Bertz CT molecular complexity index is 446. The van der Waals surface area contributed by atoms with E-state index in [9.17, 15) is 0 Å². The van der Waals surface area contributed by atoms with Crippen molar-refractivity contribution in [1.29, 1.82) is 0 Å². The minimum atomic E-state index is 0.271. The van der Waals surface area contributed by atoms with Gasteiger partial charge in [0.15, 0.2) is 0 Å². The average Bonchev–Trinajstić information content (AvgIpc) is 2.76. The van der Waals surface area contributed by atoms with Crippen LogP contribution < -0.4 is 5.32 Å². The fourth-order valence-electron chi connectivity index (χ4n) is 1.53. The summed E-state index contributed by atoms with van der Waals surface area (Å²) in [7, 11) is 1.93. The molecule has 0 spiro atoms. The van der Waals surface area contributed by atoms with Gasteiger partial charge < -0.3 is 5.32 Å². The second kappa shape index (κ2) is 4.02. The van der Waals surface area contributed by atoms with Crippen molar-refractivity contribution in [2.75, 3.05) is 5.32 Å². The molecule has 5 heteroatoms. The molecular formula is C10H14N4S. The molecule has 0 aliphatic carbocycles. The standard InChI is InChI=1S/C10H14N4S/c1-7-10(15-6-11-7)8(2)13-9-4-5-12-14(9)3/h4-6,8,13H,1-3H3. The smallest absolute Gasteiger partial charge is 0.124 e. The average molecular weight is 222 g/mol. The van der Waals surface area contributed by atoms with Crippen molar-refractivity contribution in [2.45, 2.75) is 19.9 Å². The predicted octanol–water partition coefficient (Wildman–Crippen LogP) is 2.36. The summed E-state index contributed by atoms with van der Waals surface area (Å²) < 4.78 is 1.83. The Morgan fingerprint density at radius 1 is 1.53 bits per heavy atom. The van der Waals surface area contributed by atoms with Gasteiger partial charge in [0.2, 0.25) is 0 Å². The van der Waals surface area contributed by atoms with Crippen molar-refractivity contribution in [1.82, 2.24) is 14.8 Å². The molecule has 2 aromatic heterocycles. The van der Waals surface area contributed by atoms with Crippen LogP contribution in [0.2, 0.25) is 0 Å². The molecule has 2 aromatic rings. The fourth-order valence-corrected chi connectivity index (χ4v) is 2.34. The lowest BCUT2D eigenvalue weighted by Crippen LogP contribution is -2.09. The molecule has 0 amide bonds. The van der Waals surface area contributed by atoms with E-state index in [1.807, 2.05) is 30.2 Å². The lowest BCUT2D eigenvalue weighted by atomic mass is 10.2. The summed E-state index contributed by atoms with van der Waals surface area (Å²) in [4.78, 5) is 5.52. The third kappa shape index (κ3) is 2.02. The van der Waals surface area contributed by atoms with Gasteiger partial charge in [-0.05, 0) is 13.8 Å². The summed E-state index contributed by atoms with van der Waals surface area (Å²) in [6.07, 6.45) is 1.79. The van der Waals surface area contributed by atoms with Gasteiger partial charge in [-0.3, -0.25) is 4.68 Å². The monoisotopic (exact) mass is 222 g/mol. The fraction of sp³-hybridized carbons (Fsp3) is 0.400. The lowest BCUT2D eigenvalue weighted by molar-refractivity contribution is 0.752. The maximum atomic E-state index is 4.25. The van der Waals surface area contributed by atoms with Crippen LogP contribution in [0, 0.1) is 6.92 Å². The van der Waals surface area contributed by atoms with E-state index in [0.29, 0.717) is 0 Å². The molecule has 0 saturated carbocycles. The summed E-state index contributed by atoms with van der Waals surface area (Å²) in [5.74, 6) is 1.02. The van der Waals surface area contributed by atoms with Gasteiger partial charge in [-0.2, -0.15) is 5.10 Å². The molecule has 80 valence electrons. The molecule has 0 aliphatic rings. The van der Waals surface area contributed by atoms with Gasteiger partial charge in [0.25, 0.3) is 0 Å². The molecule has 1 atom stereocenters. The molecule has 1 N–H and O–H groups in total. The Morgan fingerprint density at radius 3 is 2.87 bits per heavy atom. The van der Waals surface area contributed by atoms with Crippen LogP contribution in [0.4, 0.5) is 5.82 Å². The summed E-state index contributed by atoms with van der Waals surface area (Å²) in [5, 5.41) is 7.52. The van der Waals surface area contributed by atoms with Gasteiger partial charge >= 0.3 is 0 Å². The molecule has 0 aliphatic heterocycles. The van der Waals surface area contributed by atoms with Crippen LogP contribution in [0.3, 0.4) is 0 Å². The summed E-state index contributed by atoms with van der Waals surface area (Å²) in [6, 6.07) is 2.24. The number of aromatic nitrogens is 3. The molecule has 0 fully saturated rings. The van der Waals surface area contributed by atoms with Crippen molar-refractivity contribution in [3.8, 4) is 0 Å². The first-order valence-electron chi connectivity index (χ1n) is 4.83. The van der Waals surface area contributed by atoms with Crippen molar-refractivity contribution in [3.63, 3.8) is 0 Å². The highest BCUT2D eigenvalue weighted by Crippen LogP contribution is 2.24. The van der Waals surface area contributed by atoms with Gasteiger partial charge in [-0.1, -0.05) is 0 Å². The van der Waals surface area contributed by atoms with Crippen molar-refractivity contribution >= 4 is 17.2 Å². The third-order valence-corrected chi connectivity index (χ3v) is 3.47. The van der Waals surface area contributed by atoms with Crippen LogP contribution in [0.1, 0.15) is 23.5 Å². The second-order valence-corrected chi connectivity index (χ2v) is 4.39. The zero-order chi connectivity index (χ0) is 10.8. The van der Waals surface area contributed by atoms with Gasteiger partial charge in [0.05, 0.1) is 23.4 Å². The van der Waals surface area contributed by atoms with E-state index in [-0.39, 0.29) is 6.04 Å². The summed E-state index contributed by atoms with van der Waals surface area (Å²) in [5.41, 5.74) is 2.98. The van der Waals surface area contributed by atoms with Crippen molar-refractivity contribution in [3.05, 3.63) is 28.3 Å². The maximum absolute atomic E-state index is 4.25. The number of hydrogen-bond donors (Lipinski definition) is 1.